The highest BCUT2D eigenvalue weighted by Gasteiger charge is 2.61. The van der Waals surface area contributed by atoms with Crippen molar-refractivity contribution >= 4 is 23.4 Å². The number of fused-ring (bicyclic) bond motifs is 5. The van der Waals surface area contributed by atoms with Gasteiger partial charge in [-0.2, -0.15) is 0 Å². The van der Waals surface area contributed by atoms with Crippen LogP contribution in [-0.4, -0.2) is 37.0 Å². The van der Waals surface area contributed by atoms with Crippen molar-refractivity contribution in [3.8, 4) is 0 Å². The van der Waals surface area contributed by atoms with Crippen molar-refractivity contribution in [3.63, 3.8) is 0 Å². The number of nitrogens with one attached hydrogen (secondary N) is 1. The van der Waals surface area contributed by atoms with E-state index >= 15 is 0 Å². The standard InChI is InChI=1S/C21H24N2O4/c24-19(22-11-16-5-2-8-27-16)14-3-1-4-15(10-14)23-20(25)17-12-6-7-13(9-12)18(17)21(23)26/h1,3-4,10,12-13,16-18H,2,5-9,11H2,(H,22,24)/t12-,13+,16-,17-,18+/m0/s1. The normalized spacial score (nSPS) is 34.4. The Kier molecular flexibility index (Phi) is 4.04. The summed E-state index contributed by atoms with van der Waals surface area (Å²) in [6.45, 7) is 1.23. The van der Waals surface area contributed by atoms with Gasteiger partial charge in [-0.05, 0) is 62.1 Å². The summed E-state index contributed by atoms with van der Waals surface area (Å²) in [6.07, 6.45) is 5.21. The third kappa shape index (κ3) is 2.69. The van der Waals surface area contributed by atoms with E-state index in [4.69, 9.17) is 4.74 Å². The lowest BCUT2D eigenvalue weighted by Gasteiger charge is -2.19. The second-order valence-corrected chi connectivity index (χ2v) is 8.29. The minimum atomic E-state index is -0.202. The van der Waals surface area contributed by atoms with Crippen LogP contribution in [-0.2, 0) is 14.3 Å². The number of carbonyl (C=O) groups excluding carboxylic acids is 3. The predicted molar refractivity (Wildman–Crippen MR) is 98.1 cm³/mol. The summed E-state index contributed by atoms with van der Waals surface area (Å²) in [5, 5.41) is 2.89. The first-order chi connectivity index (χ1) is 13.1. The van der Waals surface area contributed by atoms with Gasteiger partial charge in [0.15, 0.2) is 0 Å². The molecule has 0 aromatic heterocycles. The number of hydrogen-bond acceptors (Lipinski definition) is 4. The molecule has 2 aliphatic heterocycles. The first-order valence-electron chi connectivity index (χ1n) is 10.0. The zero-order valence-electron chi connectivity index (χ0n) is 15.2. The molecule has 0 spiro atoms. The Morgan fingerprint density at radius 3 is 2.52 bits per heavy atom. The van der Waals surface area contributed by atoms with Gasteiger partial charge >= 0.3 is 0 Å². The third-order valence-electron chi connectivity index (χ3n) is 6.81. The van der Waals surface area contributed by atoms with Crippen LogP contribution in [0.15, 0.2) is 24.3 Å². The summed E-state index contributed by atoms with van der Waals surface area (Å²) in [6, 6.07) is 6.85. The maximum absolute atomic E-state index is 13.0. The summed E-state index contributed by atoms with van der Waals surface area (Å²) in [7, 11) is 0. The first kappa shape index (κ1) is 16.9. The molecule has 1 N–H and O–H groups in total. The van der Waals surface area contributed by atoms with Crippen LogP contribution in [0.3, 0.4) is 0 Å². The first-order valence-corrected chi connectivity index (χ1v) is 10.0. The number of rotatable bonds is 4. The predicted octanol–water partition coefficient (Wildman–Crippen LogP) is 2.13. The Hall–Kier alpha value is -2.21. The monoisotopic (exact) mass is 368 g/mol. The van der Waals surface area contributed by atoms with E-state index in [1.807, 2.05) is 0 Å². The molecule has 5 atom stereocenters. The molecule has 4 fully saturated rings. The van der Waals surface area contributed by atoms with Gasteiger partial charge in [-0.3, -0.25) is 19.3 Å². The summed E-state index contributed by atoms with van der Waals surface area (Å²) in [5.74, 6) is 0.0788. The summed E-state index contributed by atoms with van der Waals surface area (Å²) in [4.78, 5) is 39.7. The average Bonchev–Trinajstić information content (AvgIpc) is 3.45. The molecule has 142 valence electrons. The Balaban J connectivity index is 1.34. The van der Waals surface area contributed by atoms with Crippen molar-refractivity contribution in [2.24, 2.45) is 23.7 Å². The molecule has 2 bridgehead atoms. The minimum absolute atomic E-state index is 0.0749. The van der Waals surface area contributed by atoms with Crippen LogP contribution in [0.2, 0.25) is 0 Å². The molecule has 27 heavy (non-hydrogen) atoms. The van der Waals surface area contributed by atoms with Crippen LogP contribution >= 0.6 is 0 Å². The van der Waals surface area contributed by atoms with Gasteiger partial charge < -0.3 is 10.1 Å². The largest absolute Gasteiger partial charge is 0.376 e. The van der Waals surface area contributed by atoms with E-state index in [-0.39, 0.29) is 35.7 Å². The maximum Gasteiger partial charge on any atom is 0.251 e. The second-order valence-electron chi connectivity index (χ2n) is 8.29. The molecule has 2 saturated carbocycles. The lowest BCUT2D eigenvalue weighted by molar-refractivity contribution is -0.123. The van der Waals surface area contributed by atoms with Crippen molar-refractivity contribution in [1.82, 2.24) is 5.32 Å². The molecule has 6 heteroatoms. The van der Waals surface area contributed by atoms with Crippen molar-refractivity contribution in [2.75, 3.05) is 18.1 Å². The highest BCUT2D eigenvalue weighted by molar-refractivity contribution is 6.22. The van der Waals surface area contributed by atoms with Crippen LogP contribution in [0, 0.1) is 23.7 Å². The molecule has 3 amide bonds. The van der Waals surface area contributed by atoms with E-state index < -0.39 is 0 Å². The fourth-order valence-electron chi connectivity index (χ4n) is 5.56. The number of ether oxygens (including phenoxy) is 1. The van der Waals surface area contributed by atoms with Gasteiger partial charge in [-0.1, -0.05) is 6.07 Å². The van der Waals surface area contributed by atoms with Gasteiger partial charge in [0.25, 0.3) is 5.91 Å². The molecule has 6 nitrogen and oxygen atoms in total. The smallest absolute Gasteiger partial charge is 0.251 e. The third-order valence-corrected chi connectivity index (χ3v) is 6.81. The number of anilines is 1. The number of hydrogen-bond donors (Lipinski definition) is 1. The number of carbonyl (C=O) groups is 3. The molecule has 2 heterocycles. The quantitative estimate of drug-likeness (QED) is 0.826. The average molecular weight is 368 g/mol. The lowest BCUT2D eigenvalue weighted by Crippen LogP contribution is -2.34. The zero-order valence-corrected chi connectivity index (χ0v) is 15.2. The van der Waals surface area contributed by atoms with E-state index in [1.165, 1.54) is 4.90 Å². The van der Waals surface area contributed by atoms with Gasteiger partial charge in [0.2, 0.25) is 11.8 Å². The number of benzene rings is 1. The van der Waals surface area contributed by atoms with Crippen molar-refractivity contribution in [1.29, 1.82) is 0 Å². The number of imide groups is 1. The van der Waals surface area contributed by atoms with E-state index in [1.54, 1.807) is 24.3 Å². The molecular weight excluding hydrogens is 344 g/mol. The van der Waals surface area contributed by atoms with Gasteiger partial charge in [0.05, 0.1) is 23.6 Å². The maximum atomic E-state index is 13.0. The molecule has 0 unspecified atom stereocenters. The van der Waals surface area contributed by atoms with E-state index in [0.717, 1.165) is 38.7 Å². The van der Waals surface area contributed by atoms with E-state index in [9.17, 15) is 14.4 Å². The lowest BCUT2D eigenvalue weighted by atomic mass is 9.81. The molecule has 4 aliphatic rings. The van der Waals surface area contributed by atoms with Gasteiger partial charge in [0.1, 0.15) is 0 Å². The summed E-state index contributed by atoms with van der Waals surface area (Å²) >= 11 is 0. The van der Waals surface area contributed by atoms with E-state index in [2.05, 4.69) is 5.32 Å². The topological polar surface area (TPSA) is 75.7 Å². The second kappa shape index (κ2) is 6.44. The summed E-state index contributed by atoms with van der Waals surface area (Å²) in [5.41, 5.74) is 0.981. The molecule has 0 radical (unpaired) electrons. The fourth-order valence-corrected chi connectivity index (χ4v) is 5.56. The highest BCUT2D eigenvalue weighted by atomic mass is 16.5. The van der Waals surface area contributed by atoms with Crippen molar-refractivity contribution < 1.29 is 19.1 Å². The van der Waals surface area contributed by atoms with Crippen LogP contribution in [0.25, 0.3) is 0 Å². The SMILES string of the molecule is O=C(NC[C@@H]1CCCO1)c1cccc(N2C(=O)[C@@H]3[C@@H]4CC[C@@H](C4)[C@@H]3C2=O)c1. The minimum Gasteiger partial charge on any atom is -0.376 e. The Labute approximate surface area is 158 Å². The van der Waals surface area contributed by atoms with Gasteiger partial charge in [0, 0.05) is 18.7 Å². The van der Waals surface area contributed by atoms with Crippen LogP contribution in [0.4, 0.5) is 5.69 Å². The molecule has 1 aromatic rings. The van der Waals surface area contributed by atoms with Crippen molar-refractivity contribution in [2.45, 2.75) is 38.2 Å². The zero-order chi connectivity index (χ0) is 18.5. The highest BCUT2D eigenvalue weighted by Crippen LogP contribution is 2.56. The van der Waals surface area contributed by atoms with E-state index in [0.29, 0.717) is 29.6 Å². The Bertz CT molecular complexity index is 773. The van der Waals surface area contributed by atoms with Crippen LogP contribution < -0.4 is 10.2 Å². The Morgan fingerprint density at radius 2 is 1.85 bits per heavy atom. The Morgan fingerprint density at radius 1 is 1.11 bits per heavy atom. The fraction of sp³-hybridized carbons (Fsp3) is 0.571. The van der Waals surface area contributed by atoms with Gasteiger partial charge in [-0.15, -0.1) is 0 Å². The summed E-state index contributed by atoms with van der Waals surface area (Å²) < 4.78 is 5.53. The van der Waals surface area contributed by atoms with Crippen LogP contribution in [0.1, 0.15) is 42.5 Å². The van der Waals surface area contributed by atoms with Crippen molar-refractivity contribution in [3.05, 3.63) is 29.8 Å². The number of nitrogens with zero attached hydrogens (tertiary/aromatic N) is 1. The molecule has 5 rings (SSSR count). The van der Waals surface area contributed by atoms with Crippen LogP contribution in [0.5, 0.6) is 0 Å². The number of amides is 3. The molecule has 1 aromatic carbocycles. The molecular formula is C21H24N2O4. The molecule has 2 saturated heterocycles. The molecule has 2 aliphatic carbocycles. The van der Waals surface area contributed by atoms with Gasteiger partial charge in [-0.25, -0.2) is 0 Å².